The van der Waals surface area contributed by atoms with Crippen molar-refractivity contribution in [3.63, 3.8) is 0 Å². The maximum Gasteiger partial charge on any atom is 0.225 e. The standard InChI is InChI=1S/C15H17N3O2/c16-9-11-4-6-17-14(8-11)20-13-5-7-18(10-13)15(19)12-2-1-3-12/h4,6,8,12-13H,1-3,5,7,10H2. The molecule has 0 spiro atoms. The number of nitrogens with zero attached hydrogens (tertiary/aromatic N) is 3. The van der Waals surface area contributed by atoms with Crippen LogP contribution in [-0.4, -0.2) is 35.0 Å². The van der Waals surface area contributed by atoms with Gasteiger partial charge in [0.15, 0.2) is 0 Å². The van der Waals surface area contributed by atoms with Gasteiger partial charge in [0.25, 0.3) is 0 Å². The molecule has 1 aliphatic carbocycles. The molecule has 1 aromatic heterocycles. The van der Waals surface area contributed by atoms with Gasteiger partial charge in [0.2, 0.25) is 11.8 Å². The van der Waals surface area contributed by atoms with Gasteiger partial charge in [-0.2, -0.15) is 5.26 Å². The van der Waals surface area contributed by atoms with Crippen molar-refractivity contribution in [3.05, 3.63) is 23.9 Å². The van der Waals surface area contributed by atoms with E-state index < -0.39 is 0 Å². The summed E-state index contributed by atoms with van der Waals surface area (Å²) in [5.74, 6) is 0.988. The fourth-order valence-electron chi connectivity index (χ4n) is 2.65. The van der Waals surface area contributed by atoms with E-state index in [1.807, 2.05) is 4.90 Å². The average molecular weight is 271 g/mol. The second kappa shape index (κ2) is 5.49. The van der Waals surface area contributed by atoms with Crippen molar-refractivity contribution in [2.45, 2.75) is 31.8 Å². The Morgan fingerprint density at radius 3 is 3.00 bits per heavy atom. The third-order valence-corrected chi connectivity index (χ3v) is 4.06. The van der Waals surface area contributed by atoms with E-state index in [4.69, 9.17) is 10.00 Å². The van der Waals surface area contributed by atoms with Gasteiger partial charge in [-0.1, -0.05) is 6.42 Å². The molecule has 2 aliphatic rings. The van der Waals surface area contributed by atoms with Gasteiger partial charge >= 0.3 is 0 Å². The molecule has 0 N–H and O–H groups in total. The molecule has 3 rings (SSSR count). The second-order valence-corrected chi connectivity index (χ2v) is 5.44. The summed E-state index contributed by atoms with van der Waals surface area (Å²) in [7, 11) is 0. The maximum atomic E-state index is 12.1. The second-order valence-electron chi connectivity index (χ2n) is 5.44. The van der Waals surface area contributed by atoms with Gasteiger partial charge in [-0.05, 0) is 18.9 Å². The first-order valence-corrected chi connectivity index (χ1v) is 7.08. The molecule has 1 saturated heterocycles. The van der Waals surface area contributed by atoms with E-state index in [2.05, 4.69) is 11.1 Å². The molecule has 2 fully saturated rings. The highest BCUT2D eigenvalue weighted by Gasteiger charge is 2.34. The van der Waals surface area contributed by atoms with Crippen molar-refractivity contribution in [2.75, 3.05) is 13.1 Å². The van der Waals surface area contributed by atoms with Crippen LogP contribution in [0.4, 0.5) is 0 Å². The van der Waals surface area contributed by atoms with E-state index in [9.17, 15) is 4.79 Å². The van der Waals surface area contributed by atoms with Gasteiger partial charge in [0.05, 0.1) is 18.2 Å². The summed E-state index contributed by atoms with van der Waals surface area (Å²) >= 11 is 0. The quantitative estimate of drug-likeness (QED) is 0.839. The fourth-order valence-corrected chi connectivity index (χ4v) is 2.65. The van der Waals surface area contributed by atoms with Crippen LogP contribution in [0.5, 0.6) is 5.88 Å². The van der Waals surface area contributed by atoms with Gasteiger partial charge in [0.1, 0.15) is 6.10 Å². The minimum absolute atomic E-state index is 0.0135. The number of hydrogen-bond acceptors (Lipinski definition) is 4. The van der Waals surface area contributed by atoms with E-state index in [-0.39, 0.29) is 17.9 Å². The maximum absolute atomic E-state index is 12.1. The van der Waals surface area contributed by atoms with Crippen LogP contribution in [0.2, 0.25) is 0 Å². The SMILES string of the molecule is N#Cc1ccnc(OC2CCN(C(=O)C3CCC3)C2)c1. The highest BCUT2D eigenvalue weighted by Crippen LogP contribution is 2.30. The van der Waals surface area contributed by atoms with Crippen LogP contribution in [0, 0.1) is 17.2 Å². The fraction of sp³-hybridized carbons (Fsp3) is 0.533. The summed E-state index contributed by atoms with van der Waals surface area (Å²) in [4.78, 5) is 18.1. The Morgan fingerprint density at radius 2 is 2.30 bits per heavy atom. The number of ether oxygens (including phenoxy) is 1. The van der Waals surface area contributed by atoms with Crippen molar-refractivity contribution in [1.82, 2.24) is 9.88 Å². The lowest BCUT2D eigenvalue weighted by Gasteiger charge is -2.29. The molecular formula is C15H17N3O2. The van der Waals surface area contributed by atoms with Gasteiger partial charge in [-0.3, -0.25) is 4.79 Å². The zero-order chi connectivity index (χ0) is 13.9. The number of rotatable bonds is 3. The third kappa shape index (κ3) is 2.60. The summed E-state index contributed by atoms with van der Waals surface area (Å²) in [6, 6.07) is 5.35. The number of carbonyl (C=O) groups excluding carboxylic acids is 1. The Morgan fingerprint density at radius 1 is 1.45 bits per heavy atom. The molecule has 1 atom stereocenters. The Hall–Kier alpha value is -2.09. The molecule has 1 aliphatic heterocycles. The van der Waals surface area contributed by atoms with Crippen molar-refractivity contribution in [2.24, 2.45) is 5.92 Å². The minimum Gasteiger partial charge on any atom is -0.472 e. The Balaban J connectivity index is 1.57. The van der Waals surface area contributed by atoms with Crippen molar-refractivity contribution in [3.8, 4) is 11.9 Å². The molecule has 0 radical (unpaired) electrons. The van der Waals surface area contributed by atoms with Crippen LogP contribution in [0.3, 0.4) is 0 Å². The first-order valence-electron chi connectivity index (χ1n) is 7.08. The van der Waals surface area contributed by atoms with E-state index >= 15 is 0 Å². The number of likely N-dealkylation sites (tertiary alicyclic amines) is 1. The van der Waals surface area contributed by atoms with E-state index in [0.717, 1.165) is 25.8 Å². The number of pyridine rings is 1. The van der Waals surface area contributed by atoms with Crippen molar-refractivity contribution >= 4 is 5.91 Å². The first kappa shape index (κ1) is 12.9. The monoisotopic (exact) mass is 271 g/mol. The predicted octanol–water partition coefficient (Wildman–Crippen LogP) is 1.73. The molecule has 5 nitrogen and oxygen atoms in total. The number of hydrogen-bond donors (Lipinski definition) is 0. The van der Waals surface area contributed by atoms with E-state index in [1.165, 1.54) is 6.42 Å². The van der Waals surface area contributed by atoms with Gasteiger partial charge < -0.3 is 9.64 Å². The summed E-state index contributed by atoms with van der Waals surface area (Å²) < 4.78 is 5.77. The summed E-state index contributed by atoms with van der Waals surface area (Å²) in [5.41, 5.74) is 0.537. The number of aromatic nitrogens is 1. The van der Waals surface area contributed by atoms with Crippen LogP contribution in [0.25, 0.3) is 0 Å². The van der Waals surface area contributed by atoms with Crippen LogP contribution in [-0.2, 0) is 4.79 Å². The summed E-state index contributed by atoms with van der Waals surface area (Å²) in [5, 5.41) is 8.85. The average Bonchev–Trinajstić information content (AvgIpc) is 2.85. The molecule has 1 aromatic rings. The van der Waals surface area contributed by atoms with Gasteiger partial charge in [-0.15, -0.1) is 0 Å². The van der Waals surface area contributed by atoms with E-state index in [0.29, 0.717) is 18.0 Å². The molecule has 2 heterocycles. The molecule has 1 saturated carbocycles. The van der Waals surface area contributed by atoms with Crippen LogP contribution in [0.1, 0.15) is 31.2 Å². The number of carbonyl (C=O) groups is 1. The largest absolute Gasteiger partial charge is 0.472 e. The Bertz CT molecular complexity index is 548. The molecule has 0 bridgehead atoms. The minimum atomic E-state index is -0.0135. The number of nitriles is 1. The first-order chi connectivity index (χ1) is 9.76. The molecular weight excluding hydrogens is 254 g/mol. The molecule has 0 aromatic carbocycles. The Kier molecular flexibility index (Phi) is 3.55. The van der Waals surface area contributed by atoms with Crippen LogP contribution < -0.4 is 4.74 Å². The molecule has 1 amide bonds. The zero-order valence-electron chi connectivity index (χ0n) is 11.3. The van der Waals surface area contributed by atoms with Crippen molar-refractivity contribution in [1.29, 1.82) is 5.26 Å². The molecule has 1 unspecified atom stereocenters. The summed E-state index contributed by atoms with van der Waals surface area (Å²) in [6.45, 7) is 1.39. The lowest BCUT2D eigenvalue weighted by atomic mass is 9.84. The normalized spacial score (nSPS) is 22.1. The van der Waals surface area contributed by atoms with E-state index in [1.54, 1.807) is 18.3 Å². The lowest BCUT2D eigenvalue weighted by Crippen LogP contribution is -2.38. The highest BCUT2D eigenvalue weighted by atomic mass is 16.5. The lowest BCUT2D eigenvalue weighted by molar-refractivity contribution is -0.137. The predicted molar refractivity (Wildman–Crippen MR) is 71.9 cm³/mol. The van der Waals surface area contributed by atoms with Gasteiger partial charge in [0, 0.05) is 31.1 Å². The van der Waals surface area contributed by atoms with Gasteiger partial charge in [-0.25, -0.2) is 4.98 Å². The molecule has 5 heteroatoms. The molecule has 104 valence electrons. The van der Waals surface area contributed by atoms with Crippen molar-refractivity contribution < 1.29 is 9.53 Å². The van der Waals surface area contributed by atoms with Crippen LogP contribution >= 0.6 is 0 Å². The smallest absolute Gasteiger partial charge is 0.225 e. The summed E-state index contributed by atoms with van der Waals surface area (Å²) in [6.07, 6.45) is 5.63. The third-order valence-electron chi connectivity index (χ3n) is 4.06. The zero-order valence-corrected chi connectivity index (χ0v) is 11.3. The van der Waals surface area contributed by atoms with Crippen LogP contribution in [0.15, 0.2) is 18.3 Å². The number of amides is 1. The highest BCUT2D eigenvalue weighted by molar-refractivity contribution is 5.79. The molecule has 20 heavy (non-hydrogen) atoms. The Labute approximate surface area is 118 Å². The topological polar surface area (TPSA) is 66.2 Å².